The Bertz CT molecular complexity index is 1210. The Morgan fingerprint density at radius 1 is 1.16 bits per heavy atom. The minimum Gasteiger partial charge on any atom is -0.447 e. The highest BCUT2D eigenvalue weighted by atomic mass is 32.2. The van der Waals surface area contributed by atoms with Gasteiger partial charge in [-0.1, -0.05) is 20.8 Å². The number of amides is 1. The summed E-state index contributed by atoms with van der Waals surface area (Å²) in [4.78, 5) is 18.7. The van der Waals surface area contributed by atoms with Crippen LogP contribution in [0, 0.1) is 5.92 Å². The highest BCUT2D eigenvalue weighted by molar-refractivity contribution is 7.90. The number of ether oxygens (including phenoxy) is 2. The molecule has 0 atom stereocenters. The van der Waals surface area contributed by atoms with Gasteiger partial charge in [-0.25, -0.2) is 9.78 Å². The van der Waals surface area contributed by atoms with Gasteiger partial charge in [0, 0.05) is 58.4 Å². The van der Waals surface area contributed by atoms with Gasteiger partial charge in [0.1, 0.15) is 5.82 Å². The number of benzene rings is 1. The zero-order valence-corrected chi connectivity index (χ0v) is 23.8. The van der Waals surface area contributed by atoms with E-state index >= 15 is 0 Å². The Labute approximate surface area is 220 Å². The molecular formula is C26H41N5O5S. The summed E-state index contributed by atoms with van der Waals surface area (Å²) in [6.07, 6.45) is 1.45. The van der Waals surface area contributed by atoms with Crippen molar-refractivity contribution in [3.8, 4) is 0 Å². The Morgan fingerprint density at radius 3 is 2.41 bits per heavy atom. The third-order valence-electron chi connectivity index (χ3n) is 7.05. The van der Waals surface area contributed by atoms with E-state index in [1.165, 1.54) is 8.61 Å². The normalized spacial score (nSPS) is 18.5. The molecule has 2 aliphatic rings. The largest absolute Gasteiger partial charge is 0.447 e. The van der Waals surface area contributed by atoms with E-state index in [1.807, 2.05) is 18.2 Å². The number of hydrogen-bond acceptors (Lipinski definition) is 6. The van der Waals surface area contributed by atoms with Crippen LogP contribution in [-0.2, 0) is 31.6 Å². The van der Waals surface area contributed by atoms with Crippen LogP contribution >= 0.6 is 0 Å². The summed E-state index contributed by atoms with van der Waals surface area (Å²) in [6, 6.07) is 5.70. The molecule has 0 bridgehead atoms. The molecule has 2 fully saturated rings. The molecule has 0 N–H and O–H groups in total. The molecule has 206 valence electrons. The first kappa shape index (κ1) is 27.7. The van der Waals surface area contributed by atoms with Gasteiger partial charge in [0.2, 0.25) is 0 Å². The van der Waals surface area contributed by atoms with Crippen molar-refractivity contribution in [2.45, 2.75) is 65.5 Å². The molecule has 0 aliphatic carbocycles. The quantitative estimate of drug-likeness (QED) is 0.561. The Balaban J connectivity index is 1.55. The Kier molecular flexibility index (Phi) is 8.06. The molecule has 0 radical (unpaired) electrons. The molecule has 37 heavy (non-hydrogen) atoms. The van der Waals surface area contributed by atoms with Crippen LogP contribution in [0.15, 0.2) is 18.2 Å². The van der Waals surface area contributed by atoms with Gasteiger partial charge >= 0.3 is 16.3 Å². The average molecular weight is 536 g/mol. The minimum atomic E-state index is -3.77. The summed E-state index contributed by atoms with van der Waals surface area (Å²) < 4.78 is 42.7. The number of aromatic nitrogens is 2. The number of fused-ring (bicyclic) bond motifs is 1. The molecule has 0 spiro atoms. The van der Waals surface area contributed by atoms with Crippen LogP contribution in [0.5, 0.6) is 0 Å². The lowest BCUT2D eigenvalue weighted by Gasteiger charge is -2.36. The maximum atomic E-state index is 13.5. The first-order valence-electron chi connectivity index (χ1n) is 13.2. The first-order valence-corrected chi connectivity index (χ1v) is 14.6. The van der Waals surface area contributed by atoms with E-state index in [0.717, 1.165) is 49.5 Å². The number of piperazine rings is 1. The van der Waals surface area contributed by atoms with E-state index in [2.05, 4.69) is 25.3 Å². The zero-order valence-electron chi connectivity index (χ0n) is 22.9. The van der Waals surface area contributed by atoms with Gasteiger partial charge in [-0.3, -0.25) is 4.31 Å². The predicted molar refractivity (Wildman–Crippen MR) is 144 cm³/mol. The lowest BCUT2D eigenvalue weighted by molar-refractivity contribution is 0.0611. The smallest absolute Gasteiger partial charge is 0.410 e. The maximum absolute atomic E-state index is 13.5. The number of carbonyl (C=O) groups excluding carboxylic acids is 1. The maximum Gasteiger partial charge on any atom is 0.410 e. The fourth-order valence-corrected chi connectivity index (χ4v) is 6.29. The van der Waals surface area contributed by atoms with Crippen LogP contribution in [0.25, 0.3) is 11.0 Å². The number of nitrogens with zero attached hydrogens (tertiary/aromatic N) is 5. The molecule has 2 aliphatic heterocycles. The van der Waals surface area contributed by atoms with Crippen LogP contribution in [0.1, 0.15) is 53.3 Å². The van der Waals surface area contributed by atoms with Crippen molar-refractivity contribution in [3.05, 3.63) is 24.0 Å². The summed E-state index contributed by atoms with van der Waals surface area (Å²) in [5.41, 5.74) is 2.21. The monoisotopic (exact) mass is 535 g/mol. The second kappa shape index (κ2) is 10.8. The van der Waals surface area contributed by atoms with E-state index < -0.39 is 16.3 Å². The lowest BCUT2D eigenvalue weighted by atomic mass is 9.94. The highest BCUT2D eigenvalue weighted by Crippen LogP contribution is 2.32. The van der Waals surface area contributed by atoms with Gasteiger partial charge < -0.3 is 18.9 Å². The molecule has 1 aromatic carbocycles. The second-order valence-corrected chi connectivity index (χ2v) is 13.3. The van der Waals surface area contributed by atoms with Gasteiger partial charge in [0.05, 0.1) is 22.8 Å². The zero-order chi connectivity index (χ0) is 27.0. The fourth-order valence-electron chi connectivity index (χ4n) is 4.94. The first-order chi connectivity index (χ1) is 17.4. The standard InChI is InChI=1S/C26H41N5O5S/c1-19(2)36-25(32)29-11-13-30(14-12-29)37(33,34)28(6)21-7-8-23-22(17-21)27-24(26(3,4)5)31(23)18-20-9-15-35-16-10-20/h7-8,17,19-20H,9-16,18H2,1-6H3. The van der Waals surface area contributed by atoms with Crippen molar-refractivity contribution >= 4 is 33.0 Å². The van der Waals surface area contributed by atoms with E-state index in [4.69, 9.17) is 14.5 Å². The van der Waals surface area contributed by atoms with Crippen LogP contribution in [-0.4, -0.2) is 85.8 Å². The van der Waals surface area contributed by atoms with Crippen molar-refractivity contribution in [2.75, 3.05) is 50.7 Å². The topological polar surface area (TPSA) is 97.2 Å². The van der Waals surface area contributed by atoms with Crippen LogP contribution in [0.2, 0.25) is 0 Å². The Hall–Kier alpha value is -2.37. The van der Waals surface area contributed by atoms with E-state index in [1.54, 1.807) is 25.8 Å². The number of hydrogen-bond donors (Lipinski definition) is 0. The molecule has 0 unspecified atom stereocenters. The number of carbonyl (C=O) groups is 1. The van der Waals surface area contributed by atoms with Crippen molar-refractivity contribution in [2.24, 2.45) is 5.92 Å². The third-order valence-corrected chi connectivity index (χ3v) is 8.97. The van der Waals surface area contributed by atoms with Crippen LogP contribution in [0.3, 0.4) is 0 Å². The van der Waals surface area contributed by atoms with Crippen molar-refractivity contribution < 1.29 is 22.7 Å². The van der Waals surface area contributed by atoms with Crippen LogP contribution in [0.4, 0.5) is 10.5 Å². The van der Waals surface area contributed by atoms with Crippen molar-refractivity contribution in [3.63, 3.8) is 0 Å². The van der Waals surface area contributed by atoms with Gasteiger partial charge in [0.25, 0.3) is 0 Å². The molecule has 2 aromatic rings. The molecular weight excluding hydrogens is 494 g/mol. The lowest BCUT2D eigenvalue weighted by Crippen LogP contribution is -2.54. The molecule has 11 heteroatoms. The average Bonchev–Trinajstić information content (AvgIpc) is 3.22. The van der Waals surface area contributed by atoms with Gasteiger partial charge in [-0.2, -0.15) is 12.7 Å². The van der Waals surface area contributed by atoms with Gasteiger partial charge in [-0.15, -0.1) is 0 Å². The number of imidazole rings is 1. The van der Waals surface area contributed by atoms with Gasteiger partial charge in [-0.05, 0) is 50.8 Å². The van der Waals surface area contributed by atoms with Gasteiger partial charge in [0.15, 0.2) is 0 Å². The SMILES string of the molecule is CC(C)OC(=O)N1CCN(S(=O)(=O)N(C)c2ccc3c(c2)nc(C(C)(C)C)n3CC2CCOCC2)CC1. The number of rotatable bonds is 6. The fraction of sp³-hybridized carbons (Fsp3) is 0.692. The number of anilines is 1. The molecule has 4 rings (SSSR count). The second-order valence-electron chi connectivity index (χ2n) is 11.3. The summed E-state index contributed by atoms with van der Waals surface area (Å²) in [7, 11) is -2.20. The molecule has 10 nitrogen and oxygen atoms in total. The summed E-state index contributed by atoms with van der Waals surface area (Å²) >= 11 is 0. The molecule has 0 saturated carbocycles. The molecule has 3 heterocycles. The van der Waals surface area contributed by atoms with E-state index in [0.29, 0.717) is 24.7 Å². The highest BCUT2D eigenvalue weighted by Gasteiger charge is 2.33. The van der Waals surface area contributed by atoms with E-state index in [-0.39, 0.29) is 24.6 Å². The minimum absolute atomic E-state index is 0.154. The van der Waals surface area contributed by atoms with Crippen molar-refractivity contribution in [1.29, 1.82) is 0 Å². The molecule has 1 amide bonds. The third kappa shape index (κ3) is 6.04. The van der Waals surface area contributed by atoms with Crippen molar-refractivity contribution in [1.82, 2.24) is 18.8 Å². The van der Waals surface area contributed by atoms with E-state index in [9.17, 15) is 13.2 Å². The molecule has 1 aromatic heterocycles. The molecule has 2 saturated heterocycles. The summed E-state index contributed by atoms with van der Waals surface area (Å²) in [6.45, 7) is 13.5. The summed E-state index contributed by atoms with van der Waals surface area (Å²) in [5.74, 6) is 1.53. The Morgan fingerprint density at radius 2 is 1.81 bits per heavy atom. The van der Waals surface area contributed by atoms with Crippen LogP contribution < -0.4 is 4.31 Å². The predicted octanol–water partition coefficient (Wildman–Crippen LogP) is 3.60. The summed E-state index contributed by atoms with van der Waals surface area (Å²) in [5, 5.41) is 0.